The first-order valence-electron chi connectivity index (χ1n) is 18.4. The summed E-state index contributed by atoms with van der Waals surface area (Å²) in [5, 5.41) is 11.2. The Bertz CT molecular complexity index is 2850. The first-order valence-corrected chi connectivity index (χ1v) is 18.4. The molecule has 1 unspecified atom stereocenters. The number of aliphatic imine (C=N–C) groups is 1. The Balaban J connectivity index is 1.11. The highest BCUT2D eigenvalue weighted by Gasteiger charge is 2.22. The minimum atomic E-state index is -0.0871. The van der Waals surface area contributed by atoms with Crippen molar-refractivity contribution in [1.29, 1.82) is 0 Å². The molecule has 1 aromatic heterocycles. The van der Waals surface area contributed by atoms with Crippen molar-refractivity contribution in [3.05, 3.63) is 217 Å². The van der Waals surface area contributed by atoms with Gasteiger partial charge in [-0.25, -0.2) is 4.99 Å². The highest BCUT2D eigenvalue weighted by molar-refractivity contribution is 6.22. The average Bonchev–Trinajstić information content (AvgIpc) is 3.26. The van der Waals surface area contributed by atoms with E-state index in [0.29, 0.717) is 0 Å². The van der Waals surface area contributed by atoms with Gasteiger partial charge in [0.05, 0.1) is 11.7 Å². The average molecular weight is 690 g/mol. The summed E-state index contributed by atoms with van der Waals surface area (Å²) in [6.07, 6.45) is 5.96. The fraction of sp³-hybridized carbons (Fsp3) is 0.0196. The van der Waals surface area contributed by atoms with Gasteiger partial charge in [-0.05, 0) is 107 Å². The first kappa shape index (κ1) is 31.6. The van der Waals surface area contributed by atoms with Crippen LogP contribution < -0.4 is 5.32 Å². The first-order chi connectivity index (χ1) is 26.8. The van der Waals surface area contributed by atoms with Crippen LogP contribution in [0.25, 0.3) is 71.4 Å². The van der Waals surface area contributed by atoms with E-state index in [0.717, 1.165) is 44.9 Å². The van der Waals surface area contributed by atoms with Crippen LogP contribution in [0, 0.1) is 0 Å². The fourth-order valence-corrected chi connectivity index (χ4v) is 8.00. The molecule has 0 spiro atoms. The van der Waals surface area contributed by atoms with Crippen molar-refractivity contribution in [1.82, 2.24) is 10.3 Å². The summed E-state index contributed by atoms with van der Waals surface area (Å²) >= 11 is 0. The molecular formula is C51H35N3. The highest BCUT2D eigenvalue weighted by Crippen LogP contribution is 2.44. The Kier molecular flexibility index (Phi) is 7.88. The van der Waals surface area contributed by atoms with E-state index in [4.69, 9.17) is 4.99 Å². The van der Waals surface area contributed by atoms with Crippen LogP contribution in [0.15, 0.2) is 205 Å². The molecule has 0 saturated carbocycles. The molecule has 8 aromatic carbocycles. The van der Waals surface area contributed by atoms with Crippen LogP contribution in [0.1, 0.15) is 22.7 Å². The number of aromatic nitrogens is 1. The summed E-state index contributed by atoms with van der Waals surface area (Å²) in [7, 11) is 0. The largest absolute Gasteiger partial charge is 0.359 e. The molecule has 9 aromatic rings. The zero-order valence-electron chi connectivity index (χ0n) is 29.5. The van der Waals surface area contributed by atoms with E-state index in [-0.39, 0.29) is 6.04 Å². The van der Waals surface area contributed by atoms with Crippen molar-refractivity contribution >= 4 is 43.9 Å². The Morgan fingerprint density at radius 1 is 0.407 bits per heavy atom. The number of pyridine rings is 1. The van der Waals surface area contributed by atoms with Gasteiger partial charge in [-0.2, -0.15) is 0 Å². The van der Waals surface area contributed by atoms with Crippen LogP contribution in [0.2, 0.25) is 0 Å². The van der Waals surface area contributed by atoms with Crippen LogP contribution in [0.4, 0.5) is 0 Å². The van der Waals surface area contributed by atoms with Crippen LogP contribution >= 0.6 is 0 Å². The molecule has 0 aliphatic carbocycles. The van der Waals surface area contributed by atoms with E-state index < -0.39 is 0 Å². The van der Waals surface area contributed by atoms with Crippen LogP contribution in [0.5, 0.6) is 0 Å². The van der Waals surface area contributed by atoms with E-state index in [2.05, 4.69) is 186 Å². The van der Waals surface area contributed by atoms with Gasteiger partial charge in [0.15, 0.2) is 0 Å². The molecule has 2 heterocycles. The van der Waals surface area contributed by atoms with Gasteiger partial charge in [-0.15, -0.1) is 0 Å². The molecule has 3 heteroatoms. The number of amidine groups is 1. The number of nitrogens with zero attached hydrogens (tertiary/aromatic N) is 2. The van der Waals surface area contributed by atoms with E-state index in [1.165, 1.54) is 49.0 Å². The normalized spacial score (nSPS) is 14.1. The Morgan fingerprint density at radius 3 is 1.72 bits per heavy atom. The SMILES string of the molecule is C1=C(c2ccccc2)N=C(c2cccc(-c3c4ccccc4c(-c4ccc5ccccc5c4)c4ccccc34)c2)NC1c1cccc(-c2cccnc2)c1. The molecule has 254 valence electrons. The predicted octanol–water partition coefficient (Wildman–Crippen LogP) is 12.7. The number of benzene rings is 8. The summed E-state index contributed by atoms with van der Waals surface area (Å²) in [6, 6.07) is 65.2. The Hall–Kier alpha value is -7.10. The molecule has 10 rings (SSSR count). The van der Waals surface area contributed by atoms with Crippen molar-refractivity contribution in [3.8, 4) is 33.4 Å². The smallest absolute Gasteiger partial charge is 0.134 e. The third kappa shape index (κ3) is 5.73. The minimum absolute atomic E-state index is 0.0871. The second-order valence-corrected chi connectivity index (χ2v) is 13.9. The quantitative estimate of drug-likeness (QED) is 0.176. The van der Waals surface area contributed by atoms with Gasteiger partial charge in [0.2, 0.25) is 0 Å². The molecular weight excluding hydrogens is 655 g/mol. The van der Waals surface area contributed by atoms with E-state index in [1.54, 1.807) is 0 Å². The molecule has 1 atom stereocenters. The Labute approximate surface area is 314 Å². The topological polar surface area (TPSA) is 37.3 Å². The second kappa shape index (κ2) is 13.5. The van der Waals surface area contributed by atoms with Crippen molar-refractivity contribution < 1.29 is 0 Å². The maximum absolute atomic E-state index is 5.27. The fourth-order valence-electron chi connectivity index (χ4n) is 8.00. The zero-order valence-corrected chi connectivity index (χ0v) is 29.5. The lowest BCUT2D eigenvalue weighted by Crippen LogP contribution is -2.31. The summed E-state index contributed by atoms with van der Waals surface area (Å²) in [6.45, 7) is 0. The Morgan fingerprint density at radius 2 is 1.00 bits per heavy atom. The molecule has 0 fully saturated rings. The molecule has 0 amide bonds. The number of hydrogen-bond donors (Lipinski definition) is 1. The van der Waals surface area contributed by atoms with Crippen molar-refractivity contribution in [2.45, 2.75) is 6.04 Å². The molecule has 1 aliphatic heterocycles. The molecule has 0 radical (unpaired) electrons. The van der Waals surface area contributed by atoms with E-state index >= 15 is 0 Å². The van der Waals surface area contributed by atoms with Gasteiger partial charge in [-0.3, -0.25) is 4.98 Å². The lowest BCUT2D eigenvalue weighted by Gasteiger charge is -2.25. The van der Waals surface area contributed by atoms with Crippen molar-refractivity contribution in [3.63, 3.8) is 0 Å². The maximum Gasteiger partial charge on any atom is 0.134 e. The monoisotopic (exact) mass is 689 g/mol. The molecule has 1 aliphatic rings. The minimum Gasteiger partial charge on any atom is -0.359 e. The highest BCUT2D eigenvalue weighted by atomic mass is 15.0. The second-order valence-electron chi connectivity index (χ2n) is 13.9. The molecule has 0 saturated heterocycles. The zero-order chi connectivity index (χ0) is 35.8. The van der Waals surface area contributed by atoms with Crippen LogP contribution in [-0.4, -0.2) is 10.8 Å². The predicted molar refractivity (Wildman–Crippen MR) is 226 cm³/mol. The van der Waals surface area contributed by atoms with Gasteiger partial charge >= 0.3 is 0 Å². The summed E-state index contributed by atoms with van der Waals surface area (Å²) in [5.74, 6) is 0.844. The number of hydrogen-bond acceptors (Lipinski definition) is 3. The standard InChI is InChI=1S/C51H35N3/c1-2-14-35(15-3-1)47-32-48(38-18-10-17-37(29-38)42-21-12-28-52-33-42)54-51(53-47)41-20-11-19-39(31-41)49-43-22-6-8-24-45(43)50(46-25-9-7-23-44(46)49)40-27-26-34-13-4-5-16-36(34)30-40/h1-33,48H,(H,53,54). The summed E-state index contributed by atoms with van der Waals surface area (Å²) < 4.78 is 0. The molecule has 0 bridgehead atoms. The van der Waals surface area contributed by atoms with Crippen molar-refractivity contribution in [2.24, 2.45) is 4.99 Å². The number of fused-ring (bicyclic) bond motifs is 3. The van der Waals surface area contributed by atoms with Gasteiger partial charge in [0, 0.05) is 18.0 Å². The summed E-state index contributed by atoms with van der Waals surface area (Å²) in [5.41, 5.74) is 11.3. The maximum atomic E-state index is 5.27. The molecule has 3 nitrogen and oxygen atoms in total. The molecule has 54 heavy (non-hydrogen) atoms. The lowest BCUT2D eigenvalue weighted by atomic mass is 9.85. The number of nitrogens with one attached hydrogen (secondary N) is 1. The number of rotatable bonds is 6. The van der Waals surface area contributed by atoms with Crippen LogP contribution in [0.3, 0.4) is 0 Å². The van der Waals surface area contributed by atoms with Crippen LogP contribution in [-0.2, 0) is 0 Å². The lowest BCUT2D eigenvalue weighted by molar-refractivity contribution is 0.781. The third-order valence-corrected chi connectivity index (χ3v) is 10.6. The van der Waals surface area contributed by atoms with Gasteiger partial charge in [0.25, 0.3) is 0 Å². The van der Waals surface area contributed by atoms with E-state index in [1.807, 2.05) is 24.5 Å². The van der Waals surface area contributed by atoms with Gasteiger partial charge < -0.3 is 5.32 Å². The van der Waals surface area contributed by atoms with Gasteiger partial charge in [-0.1, -0.05) is 158 Å². The molecule has 1 N–H and O–H groups in total. The third-order valence-electron chi connectivity index (χ3n) is 10.6. The summed E-state index contributed by atoms with van der Waals surface area (Å²) in [4.78, 5) is 9.64. The van der Waals surface area contributed by atoms with Gasteiger partial charge in [0.1, 0.15) is 5.84 Å². The van der Waals surface area contributed by atoms with Crippen molar-refractivity contribution in [2.75, 3.05) is 0 Å². The van der Waals surface area contributed by atoms with E-state index in [9.17, 15) is 0 Å².